The van der Waals surface area contributed by atoms with E-state index in [2.05, 4.69) is 0 Å². The van der Waals surface area contributed by atoms with Gasteiger partial charge in [0, 0.05) is 17.1 Å². The molecule has 21 heavy (non-hydrogen) atoms. The zero-order chi connectivity index (χ0) is 14.8. The molecule has 0 atom stereocenters. The van der Waals surface area contributed by atoms with Gasteiger partial charge in [0.1, 0.15) is 0 Å². The maximum Gasteiger partial charge on any atom is 0.231 e. The van der Waals surface area contributed by atoms with Crippen molar-refractivity contribution >= 4 is 29.0 Å². The Labute approximate surface area is 128 Å². The number of hydrogen-bond donors (Lipinski definition) is 0. The number of ketones is 1. The Morgan fingerprint density at radius 1 is 1.14 bits per heavy atom. The summed E-state index contributed by atoms with van der Waals surface area (Å²) in [7, 11) is 0. The van der Waals surface area contributed by atoms with Crippen LogP contribution in [0.3, 0.4) is 0 Å². The standard InChI is InChI=1S/C17H14ClNO2/c18-14-7-6-13-9-17(21)19(16(13)10-14)11-15(20)8-12-4-2-1-3-5-12/h1-7,10H,8-9,11H2. The Morgan fingerprint density at radius 2 is 1.90 bits per heavy atom. The SMILES string of the molecule is O=C(Cc1ccccc1)CN1C(=O)Cc2ccc(Cl)cc21. The minimum atomic E-state index is -0.0475. The van der Waals surface area contributed by atoms with E-state index in [1.807, 2.05) is 36.4 Å². The molecule has 1 aliphatic heterocycles. The van der Waals surface area contributed by atoms with Gasteiger partial charge in [0.05, 0.1) is 13.0 Å². The number of nitrogens with zero attached hydrogens (tertiary/aromatic N) is 1. The van der Waals surface area contributed by atoms with E-state index in [1.54, 1.807) is 12.1 Å². The van der Waals surface area contributed by atoms with Gasteiger partial charge in [-0.05, 0) is 23.3 Å². The molecule has 3 nitrogen and oxygen atoms in total. The molecular weight excluding hydrogens is 286 g/mol. The molecule has 2 aromatic rings. The fourth-order valence-electron chi connectivity index (χ4n) is 2.56. The van der Waals surface area contributed by atoms with Crippen LogP contribution in [-0.4, -0.2) is 18.2 Å². The summed E-state index contributed by atoms with van der Waals surface area (Å²) in [6.45, 7) is 0.0983. The van der Waals surface area contributed by atoms with Crippen LogP contribution in [0.25, 0.3) is 0 Å². The molecule has 0 N–H and O–H groups in total. The number of hydrogen-bond acceptors (Lipinski definition) is 2. The van der Waals surface area contributed by atoms with Gasteiger partial charge in [0.25, 0.3) is 0 Å². The summed E-state index contributed by atoms with van der Waals surface area (Å²) in [5.74, 6) is -0.0314. The smallest absolute Gasteiger partial charge is 0.231 e. The van der Waals surface area contributed by atoms with Crippen LogP contribution in [0.5, 0.6) is 0 Å². The maximum atomic E-state index is 12.2. The molecule has 0 saturated carbocycles. The predicted molar refractivity (Wildman–Crippen MR) is 82.7 cm³/mol. The summed E-state index contributed by atoms with van der Waals surface area (Å²) in [5.41, 5.74) is 2.64. The Hall–Kier alpha value is -2.13. The topological polar surface area (TPSA) is 37.4 Å². The predicted octanol–water partition coefficient (Wildman–Crippen LogP) is 3.04. The van der Waals surface area contributed by atoms with Crippen LogP contribution in [0, 0.1) is 0 Å². The maximum absolute atomic E-state index is 12.2. The summed E-state index contributed by atoms with van der Waals surface area (Å²) in [6, 6.07) is 14.9. The Balaban J connectivity index is 1.75. The van der Waals surface area contributed by atoms with Gasteiger partial charge in [-0.3, -0.25) is 9.59 Å². The van der Waals surface area contributed by atoms with E-state index in [9.17, 15) is 9.59 Å². The summed E-state index contributed by atoms with van der Waals surface area (Å²) in [5, 5.41) is 0.573. The fraction of sp³-hybridized carbons (Fsp3) is 0.176. The zero-order valence-electron chi connectivity index (χ0n) is 11.4. The third-order valence-corrected chi connectivity index (χ3v) is 3.79. The summed E-state index contributed by atoms with van der Waals surface area (Å²) < 4.78 is 0. The average Bonchev–Trinajstić information content (AvgIpc) is 2.76. The summed E-state index contributed by atoms with van der Waals surface area (Å²) >= 11 is 5.98. The highest BCUT2D eigenvalue weighted by Gasteiger charge is 2.28. The molecule has 1 amide bonds. The van der Waals surface area contributed by atoms with E-state index in [-0.39, 0.29) is 18.2 Å². The molecule has 0 saturated heterocycles. The quantitative estimate of drug-likeness (QED) is 0.870. The first-order valence-corrected chi connectivity index (χ1v) is 7.16. The molecule has 106 valence electrons. The number of halogens is 1. The normalized spacial score (nSPS) is 13.4. The van der Waals surface area contributed by atoms with Gasteiger partial charge in [-0.15, -0.1) is 0 Å². The van der Waals surface area contributed by atoms with Gasteiger partial charge in [0.2, 0.25) is 5.91 Å². The van der Waals surface area contributed by atoms with Crippen LogP contribution >= 0.6 is 11.6 Å². The van der Waals surface area contributed by atoms with Crippen LogP contribution in [0.2, 0.25) is 5.02 Å². The zero-order valence-corrected chi connectivity index (χ0v) is 12.1. The van der Waals surface area contributed by atoms with E-state index in [1.165, 1.54) is 4.90 Å². The summed E-state index contributed by atoms with van der Waals surface area (Å²) in [4.78, 5) is 25.8. The van der Waals surface area contributed by atoms with Gasteiger partial charge >= 0.3 is 0 Å². The van der Waals surface area contributed by atoms with Crippen molar-refractivity contribution in [2.24, 2.45) is 0 Å². The lowest BCUT2D eigenvalue weighted by molar-refractivity contribution is -0.121. The lowest BCUT2D eigenvalue weighted by Crippen LogP contribution is -2.33. The number of Topliss-reactive ketones (excluding diaryl/α,β-unsaturated/α-hetero) is 1. The van der Waals surface area contributed by atoms with E-state index in [0.29, 0.717) is 17.9 Å². The van der Waals surface area contributed by atoms with Gasteiger partial charge in [-0.25, -0.2) is 0 Å². The van der Waals surface area contributed by atoms with E-state index >= 15 is 0 Å². The van der Waals surface area contributed by atoms with E-state index in [0.717, 1.165) is 16.8 Å². The van der Waals surface area contributed by atoms with Crippen LogP contribution in [0.1, 0.15) is 11.1 Å². The van der Waals surface area contributed by atoms with Crippen LogP contribution in [0.4, 0.5) is 5.69 Å². The van der Waals surface area contributed by atoms with Gasteiger partial charge in [-0.2, -0.15) is 0 Å². The Morgan fingerprint density at radius 3 is 2.67 bits per heavy atom. The molecule has 0 aliphatic carbocycles. The van der Waals surface area contributed by atoms with Crippen molar-refractivity contribution < 1.29 is 9.59 Å². The van der Waals surface area contributed by atoms with Gasteiger partial charge in [0.15, 0.2) is 5.78 Å². The molecule has 0 spiro atoms. The van der Waals surface area contributed by atoms with Crippen molar-refractivity contribution in [3.05, 3.63) is 64.7 Å². The number of amides is 1. The Kier molecular flexibility index (Phi) is 3.76. The number of fused-ring (bicyclic) bond motifs is 1. The number of carbonyl (C=O) groups is 2. The van der Waals surface area contributed by atoms with Gasteiger partial charge in [-0.1, -0.05) is 48.0 Å². The first-order chi connectivity index (χ1) is 10.1. The molecule has 0 radical (unpaired) electrons. The van der Waals surface area contributed by atoms with Crippen molar-refractivity contribution in [2.75, 3.05) is 11.4 Å². The second kappa shape index (κ2) is 5.70. The second-order valence-electron chi connectivity index (χ2n) is 5.13. The molecule has 0 fully saturated rings. The molecule has 2 aromatic carbocycles. The molecule has 1 aliphatic rings. The third kappa shape index (κ3) is 2.98. The lowest BCUT2D eigenvalue weighted by Gasteiger charge is -2.16. The Bertz CT molecular complexity index is 697. The van der Waals surface area contributed by atoms with Crippen molar-refractivity contribution in [2.45, 2.75) is 12.8 Å². The third-order valence-electron chi connectivity index (χ3n) is 3.56. The largest absolute Gasteiger partial charge is 0.304 e. The molecular formula is C17H14ClNO2. The highest BCUT2D eigenvalue weighted by Crippen LogP contribution is 2.31. The molecule has 4 heteroatoms. The van der Waals surface area contributed by atoms with Crippen molar-refractivity contribution in [3.63, 3.8) is 0 Å². The number of benzene rings is 2. The molecule has 0 unspecified atom stereocenters. The molecule has 0 aromatic heterocycles. The molecule has 3 rings (SSSR count). The number of carbonyl (C=O) groups excluding carboxylic acids is 2. The van der Waals surface area contributed by atoms with Crippen molar-refractivity contribution in [1.29, 1.82) is 0 Å². The minimum absolute atomic E-state index is 0.0161. The number of rotatable bonds is 4. The van der Waals surface area contributed by atoms with Crippen LogP contribution in [0.15, 0.2) is 48.5 Å². The molecule has 1 heterocycles. The first kappa shape index (κ1) is 13.8. The second-order valence-corrected chi connectivity index (χ2v) is 5.57. The lowest BCUT2D eigenvalue weighted by atomic mass is 10.1. The summed E-state index contributed by atoms with van der Waals surface area (Å²) in [6.07, 6.45) is 0.672. The van der Waals surface area contributed by atoms with Crippen molar-refractivity contribution in [1.82, 2.24) is 0 Å². The van der Waals surface area contributed by atoms with E-state index in [4.69, 9.17) is 11.6 Å². The highest BCUT2D eigenvalue weighted by atomic mass is 35.5. The minimum Gasteiger partial charge on any atom is -0.304 e. The van der Waals surface area contributed by atoms with E-state index < -0.39 is 0 Å². The monoisotopic (exact) mass is 299 g/mol. The molecule has 0 bridgehead atoms. The van der Waals surface area contributed by atoms with Gasteiger partial charge < -0.3 is 4.90 Å². The fourth-order valence-corrected chi connectivity index (χ4v) is 2.73. The van der Waals surface area contributed by atoms with Crippen LogP contribution < -0.4 is 4.90 Å². The average molecular weight is 300 g/mol. The highest BCUT2D eigenvalue weighted by molar-refractivity contribution is 6.31. The number of anilines is 1. The first-order valence-electron chi connectivity index (χ1n) is 6.78. The van der Waals surface area contributed by atoms with Crippen molar-refractivity contribution in [3.8, 4) is 0 Å². The van der Waals surface area contributed by atoms with Crippen LogP contribution in [-0.2, 0) is 22.4 Å².